The zero-order valence-corrected chi connectivity index (χ0v) is 65.0. The van der Waals surface area contributed by atoms with E-state index in [0.29, 0.717) is 156 Å². The minimum absolute atomic E-state index is 0.000685. The maximum Gasteiger partial charge on any atom is 0.260 e. The van der Waals surface area contributed by atoms with E-state index in [9.17, 15) is 38.4 Å². The molecule has 5 aliphatic heterocycles. The Morgan fingerprint density at radius 1 is 0.522 bits per heavy atom. The summed E-state index contributed by atoms with van der Waals surface area (Å²) in [6, 6.07) is 11.7. The van der Waals surface area contributed by atoms with Gasteiger partial charge in [0.1, 0.15) is 12.1 Å². The minimum atomic E-state index is -0.942. The number of aliphatic imine (C=N–C) groups is 2. The third-order valence-electron chi connectivity index (χ3n) is 19.2. The fourth-order valence-electron chi connectivity index (χ4n) is 12.9. The number of nitrogens with zero attached hydrogens (tertiary/aromatic N) is 5. The summed E-state index contributed by atoms with van der Waals surface area (Å²) in [4.78, 5) is 120. The van der Waals surface area contributed by atoms with E-state index < -0.39 is 29.8 Å². The molecule has 606 valence electrons. The summed E-state index contributed by atoms with van der Waals surface area (Å²) in [5, 5.41) is 11.1. The lowest BCUT2D eigenvalue weighted by Crippen LogP contribution is -2.53. The Balaban J connectivity index is 0.502. The Bertz CT molecular complexity index is 4100. The fraction of sp³-hybridized carbons (Fsp3) is 0.476. The van der Waals surface area contributed by atoms with Crippen molar-refractivity contribution in [2.75, 3.05) is 152 Å². The van der Waals surface area contributed by atoms with Crippen molar-refractivity contribution in [2.24, 2.45) is 27.7 Å². The second kappa shape index (κ2) is 44.9. The van der Waals surface area contributed by atoms with E-state index >= 15 is 0 Å². The maximum absolute atomic E-state index is 14.2. The van der Waals surface area contributed by atoms with Gasteiger partial charge in [-0.05, 0) is 84.6 Å². The molecule has 4 N–H and O–H groups in total. The van der Waals surface area contributed by atoms with Crippen LogP contribution in [0.5, 0.6) is 23.0 Å². The SMILES string of the molecule is COc1cc2c(cc1OCCCOc1cc3c(cc1OC)C(=O)N1C=C(C4CC4)C[C@H]1C=N3)N=C[C@@H]1CC(c3ccc(NC(=O)[C@H](C)NC(=O)C(NC(=O)CCOCCOCCOCCOCCOCCOCCOCCOCCNC(=O)CCN4C(=O)CC(C5=C\C=C/C=C\C=C/C=C\C=C5)C4=O)C(C)C)cc3)=CN1C2=O. The van der Waals surface area contributed by atoms with E-state index in [4.69, 9.17) is 66.8 Å². The van der Waals surface area contributed by atoms with Crippen molar-refractivity contribution in [1.82, 2.24) is 30.7 Å². The van der Waals surface area contributed by atoms with E-state index in [1.54, 1.807) is 73.2 Å². The summed E-state index contributed by atoms with van der Waals surface area (Å²) in [6.07, 6.45) is 32.1. The average molecular weight is 1560 g/mol. The number of anilines is 1. The molecular formula is C84H105N9O20. The zero-order chi connectivity index (χ0) is 79.7. The van der Waals surface area contributed by atoms with Gasteiger partial charge in [-0.25, -0.2) is 0 Å². The van der Waals surface area contributed by atoms with Crippen LogP contribution in [0.25, 0.3) is 5.57 Å². The largest absolute Gasteiger partial charge is 0.493 e. The van der Waals surface area contributed by atoms with Crippen LogP contribution < -0.4 is 40.2 Å². The normalized spacial score (nSPS) is 19.3. The number of likely N-dealkylation sites (tertiary alicyclic amines) is 1. The number of ether oxygens (including phenoxy) is 12. The molecule has 2 unspecified atom stereocenters. The molecule has 1 saturated carbocycles. The molecule has 5 atom stereocenters. The molecule has 0 radical (unpaired) electrons. The van der Waals surface area contributed by atoms with Crippen LogP contribution in [-0.4, -0.2) is 245 Å². The van der Waals surface area contributed by atoms with Gasteiger partial charge in [0.25, 0.3) is 11.8 Å². The van der Waals surface area contributed by atoms with Crippen LogP contribution >= 0.6 is 0 Å². The van der Waals surface area contributed by atoms with Crippen LogP contribution in [0.3, 0.4) is 0 Å². The Morgan fingerprint density at radius 3 is 1.56 bits per heavy atom. The molecule has 0 bridgehead atoms. The van der Waals surface area contributed by atoms with E-state index in [0.717, 1.165) is 23.1 Å². The molecule has 0 aromatic heterocycles. The number of methoxy groups -OCH3 is 2. The smallest absolute Gasteiger partial charge is 0.260 e. The van der Waals surface area contributed by atoms with Crippen molar-refractivity contribution in [2.45, 2.75) is 96.3 Å². The van der Waals surface area contributed by atoms with Crippen LogP contribution in [0, 0.1) is 17.8 Å². The summed E-state index contributed by atoms with van der Waals surface area (Å²) < 4.78 is 68.1. The van der Waals surface area contributed by atoms with E-state index in [-0.39, 0.29) is 119 Å². The predicted octanol–water partition coefficient (Wildman–Crippen LogP) is 8.46. The molecule has 0 spiro atoms. The number of hydrogen-bond donors (Lipinski definition) is 4. The molecule has 2 aliphatic carbocycles. The van der Waals surface area contributed by atoms with Gasteiger partial charge in [-0.3, -0.25) is 53.2 Å². The van der Waals surface area contributed by atoms with Gasteiger partial charge in [-0.1, -0.05) is 92.8 Å². The van der Waals surface area contributed by atoms with Crippen molar-refractivity contribution in [3.8, 4) is 23.0 Å². The van der Waals surface area contributed by atoms with Crippen molar-refractivity contribution >= 4 is 82.3 Å². The molecule has 10 rings (SSSR count). The molecule has 29 heteroatoms. The monoisotopic (exact) mass is 1560 g/mol. The number of carbonyl (C=O) groups is 8. The van der Waals surface area contributed by atoms with E-state index in [1.807, 2.05) is 97.6 Å². The number of benzene rings is 3. The molecule has 8 amide bonds. The minimum Gasteiger partial charge on any atom is -0.493 e. The molecule has 3 aromatic rings. The highest BCUT2D eigenvalue weighted by molar-refractivity contribution is 6.07. The molecule has 113 heavy (non-hydrogen) atoms. The molecule has 5 heterocycles. The first kappa shape index (κ1) is 85.2. The van der Waals surface area contributed by atoms with Gasteiger partial charge in [0, 0.05) is 87.8 Å². The fourth-order valence-corrected chi connectivity index (χ4v) is 12.9. The van der Waals surface area contributed by atoms with Crippen molar-refractivity contribution in [1.29, 1.82) is 0 Å². The highest BCUT2D eigenvalue weighted by Gasteiger charge is 2.41. The van der Waals surface area contributed by atoms with Crippen LogP contribution in [0.15, 0.2) is 149 Å². The Hall–Kier alpha value is -10.2. The first-order chi connectivity index (χ1) is 55.1. The summed E-state index contributed by atoms with van der Waals surface area (Å²) in [5.41, 5.74) is 6.05. The number of carbonyl (C=O) groups excluding carboxylic acids is 8. The number of imide groups is 1. The second-order valence-electron chi connectivity index (χ2n) is 27.8. The molecule has 1 saturated heterocycles. The standard InChI is InChI=1S/C84H105N9O20/c1-57(2)79(90-77(95)25-30-104-32-34-106-36-38-108-40-42-110-44-45-111-43-41-109-39-37-107-35-33-105-31-26-85-76(94)24-27-91-78(96)50-67(82(91)99)61-16-13-11-9-7-6-8-10-12-14-17-61)81(98)88-58(3)80(97)89-64-22-20-60(21-23-64)63-47-66-54-87-71-52-75(73(103-5)49-69(71)84(101)93(66)56-63)113-29-15-28-112-74-51-70-68(48-72(74)102-4)83(100)92-55-62(59-18-19-59)46-65(92)53-86-70/h6-14,16-17,20-23,48-49,51-59,65-67,79H,15,18-19,24-47,50H2,1-5H3,(H,85,94)(H,88,98)(H,89,97)(H,90,95)/b7-6-,8-6?,9-7?,10-8-,11-9-,12-10?,13-11?,14-12-,16-13?,17-14?,61-16?,61-17?/t58-,65-,66-,67?,79?/m0/s1. The summed E-state index contributed by atoms with van der Waals surface area (Å²) in [5.74, 6) is -1.21. The van der Waals surface area contributed by atoms with Crippen molar-refractivity contribution in [3.05, 3.63) is 156 Å². The molecule has 3 aromatic carbocycles. The van der Waals surface area contributed by atoms with Crippen LogP contribution in [0.1, 0.15) is 98.4 Å². The van der Waals surface area contributed by atoms with Gasteiger partial charge < -0.3 is 87.9 Å². The zero-order valence-electron chi connectivity index (χ0n) is 65.0. The Morgan fingerprint density at radius 2 is 1.03 bits per heavy atom. The van der Waals surface area contributed by atoms with Gasteiger partial charge in [-0.2, -0.15) is 0 Å². The second-order valence-corrected chi connectivity index (χ2v) is 27.8. The lowest BCUT2D eigenvalue weighted by Gasteiger charge is -2.24. The topological polar surface area (TPSA) is 330 Å². The highest BCUT2D eigenvalue weighted by atomic mass is 16.6. The third-order valence-corrected chi connectivity index (χ3v) is 19.2. The van der Waals surface area contributed by atoms with Gasteiger partial charge in [-0.15, -0.1) is 0 Å². The number of hydrogen-bond acceptors (Lipinski definition) is 22. The lowest BCUT2D eigenvalue weighted by atomic mass is 9.96. The number of amides is 8. The van der Waals surface area contributed by atoms with Gasteiger partial charge >= 0.3 is 0 Å². The summed E-state index contributed by atoms with van der Waals surface area (Å²) in [6.45, 7) is 11.5. The third kappa shape index (κ3) is 25.9. The summed E-state index contributed by atoms with van der Waals surface area (Å²) >= 11 is 0. The number of rotatable bonds is 47. The van der Waals surface area contributed by atoms with Gasteiger partial charge in [0.15, 0.2) is 23.0 Å². The van der Waals surface area contributed by atoms with Crippen LogP contribution in [0.4, 0.5) is 17.1 Å². The molecular weight excluding hydrogens is 1450 g/mol. The van der Waals surface area contributed by atoms with Crippen molar-refractivity contribution < 1.29 is 95.2 Å². The summed E-state index contributed by atoms with van der Waals surface area (Å²) in [7, 11) is 3.05. The Kier molecular flexibility index (Phi) is 33.8. The maximum atomic E-state index is 14.2. The predicted molar refractivity (Wildman–Crippen MR) is 423 cm³/mol. The quantitative estimate of drug-likeness (QED) is 0.0304. The van der Waals surface area contributed by atoms with E-state index in [2.05, 4.69) is 21.3 Å². The van der Waals surface area contributed by atoms with E-state index in [1.165, 1.54) is 37.5 Å². The average Bonchev–Trinajstić information content (AvgIpc) is 1.59. The van der Waals surface area contributed by atoms with Gasteiger partial charge in [0.05, 0.1) is 174 Å². The highest BCUT2D eigenvalue weighted by Crippen LogP contribution is 2.45. The first-order valence-electron chi connectivity index (χ1n) is 38.7. The van der Waals surface area contributed by atoms with Gasteiger partial charge in [0.2, 0.25) is 35.4 Å². The lowest BCUT2D eigenvalue weighted by molar-refractivity contribution is -0.139. The first-order valence-corrected chi connectivity index (χ1v) is 38.7. The number of fused-ring (bicyclic) bond motifs is 4. The van der Waals surface area contributed by atoms with Crippen molar-refractivity contribution in [3.63, 3.8) is 0 Å². The van der Waals surface area contributed by atoms with Crippen LogP contribution in [-0.2, 0) is 66.7 Å². The van der Waals surface area contributed by atoms with Crippen LogP contribution in [0.2, 0.25) is 0 Å². The molecule has 7 aliphatic rings. The molecule has 29 nitrogen and oxygen atoms in total. The molecule has 2 fully saturated rings. The number of nitrogens with one attached hydrogen (secondary N) is 4. The Labute approximate surface area is 659 Å². The number of allylic oxidation sites excluding steroid dienone is 11.